The van der Waals surface area contributed by atoms with Crippen LogP contribution in [-0.2, 0) is 27.8 Å². The summed E-state index contributed by atoms with van der Waals surface area (Å²) in [5.74, 6) is 0.200. The van der Waals surface area contributed by atoms with Crippen molar-refractivity contribution < 1.29 is 17.9 Å². The van der Waals surface area contributed by atoms with Crippen molar-refractivity contribution in [1.29, 1.82) is 0 Å². The Morgan fingerprint density at radius 1 is 0.778 bits per heavy atom. The SMILES string of the molecule is O=C(Nc1ccc(OCc2ccccc2)cc1)[C@H](Cc1ccccc1)NS(=O)(=O)c1ccc(Br)cc1. The third-order valence-electron chi connectivity index (χ3n) is 5.39. The molecule has 2 N–H and O–H groups in total. The van der Waals surface area contributed by atoms with Crippen molar-refractivity contribution in [3.63, 3.8) is 0 Å². The molecule has 4 rings (SSSR count). The van der Waals surface area contributed by atoms with E-state index in [1.54, 1.807) is 36.4 Å². The first-order valence-electron chi connectivity index (χ1n) is 11.3. The summed E-state index contributed by atoms with van der Waals surface area (Å²) in [6, 6.07) is 31.3. The summed E-state index contributed by atoms with van der Waals surface area (Å²) in [6.07, 6.45) is 0.195. The van der Waals surface area contributed by atoms with Crippen LogP contribution >= 0.6 is 15.9 Å². The molecule has 36 heavy (non-hydrogen) atoms. The van der Waals surface area contributed by atoms with E-state index in [-0.39, 0.29) is 11.3 Å². The molecular weight excluding hydrogens is 540 g/mol. The van der Waals surface area contributed by atoms with Crippen LogP contribution in [0.5, 0.6) is 5.75 Å². The average Bonchev–Trinajstić information content (AvgIpc) is 2.89. The number of carbonyl (C=O) groups excluding carboxylic acids is 1. The number of halogens is 1. The minimum Gasteiger partial charge on any atom is -0.489 e. The summed E-state index contributed by atoms with van der Waals surface area (Å²) in [4.78, 5) is 13.3. The fraction of sp³-hybridized carbons (Fsp3) is 0.107. The lowest BCUT2D eigenvalue weighted by molar-refractivity contribution is -0.117. The zero-order valence-electron chi connectivity index (χ0n) is 19.3. The molecule has 6 nitrogen and oxygen atoms in total. The quantitative estimate of drug-likeness (QED) is 0.264. The third-order valence-corrected chi connectivity index (χ3v) is 7.41. The largest absolute Gasteiger partial charge is 0.489 e. The number of hydrogen-bond acceptors (Lipinski definition) is 4. The van der Waals surface area contributed by atoms with E-state index < -0.39 is 22.0 Å². The van der Waals surface area contributed by atoms with Crippen molar-refractivity contribution in [2.75, 3.05) is 5.32 Å². The van der Waals surface area contributed by atoms with E-state index in [0.717, 1.165) is 15.6 Å². The molecule has 0 unspecified atom stereocenters. The summed E-state index contributed by atoms with van der Waals surface area (Å²) in [7, 11) is -3.93. The summed E-state index contributed by atoms with van der Waals surface area (Å²) >= 11 is 3.31. The van der Waals surface area contributed by atoms with Crippen molar-refractivity contribution in [2.45, 2.75) is 24.0 Å². The topological polar surface area (TPSA) is 84.5 Å². The fourth-order valence-electron chi connectivity index (χ4n) is 3.51. The van der Waals surface area contributed by atoms with Crippen LogP contribution in [0.3, 0.4) is 0 Å². The van der Waals surface area contributed by atoms with Gasteiger partial charge in [-0.2, -0.15) is 4.72 Å². The highest BCUT2D eigenvalue weighted by molar-refractivity contribution is 9.10. The van der Waals surface area contributed by atoms with Gasteiger partial charge in [-0.05, 0) is 66.1 Å². The smallest absolute Gasteiger partial charge is 0.242 e. The summed E-state index contributed by atoms with van der Waals surface area (Å²) in [5, 5.41) is 2.82. The number of hydrogen-bond donors (Lipinski definition) is 2. The second-order valence-electron chi connectivity index (χ2n) is 8.11. The van der Waals surface area contributed by atoms with Crippen LogP contribution in [0.4, 0.5) is 5.69 Å². The zero-order valence-corrected chi connectivity index (χ0v) is 21.7. The van der Waals surface area contributed by atoms with Crippen LogP contribution in [-0.4, -0.2) is 20.4 Å². The van der Waals surface area contributed by atoms with Gasteiger partial charge in [0, 0.05) is 10.2 Å². The molecule has 4 aromatic rings. The van der Waals surface area contributed by atoms with Gasteiger partial charge in [-0.25, -0.2) is 8.42 Å². The van der Waals surface area contributed by atoms with Gasteiger partial charge in [0.05, 0.1) is 4.90 Å². The van der Waals surface area contributed by atoms with E-state index >= 15 is 0 Å². The second kappa shape index (κ2) is 12.0. The first kappa shape index (κ1) is 25.6. The van der Waals surface area contributed by atoms with Gasteiger partial charge in [0.25, 0.3) is 0 Å². The van der Waals surface area contributed by atoms with Crippen LogP contribution in [0, 0.1) is 0 Å². The number of ether oxygens (including phenoxy) is 1. The Morgan fingerprint density at radius 3 is 1.97 bits per heavy atom. The average molecular weight is 565 g/mol. The summed E-state index contributed by atoms with van der Waals surface area (Å²) in [6.45, 7) is 0.434. The number of rotatable bonds is 10. The maximum Gasteiger partial charge on any atom is 0.242 e. The lowest BCUT2D eigenvalue weighted by Crippen LogP contribution is -2.45. The van der Waals surface area contributed by atoms with Crippen molar-refractivity contribution >= 4 is 37.5 Å². The van der Waals surface area contributed by atoms with E-state index in [9.17, 15) is 13.2 Å². The Kier molecular flexibility index (Phi) is 8.53. The van der Waals surface area contributed by atoms with Gasteiger partial charge < -0.3 is 10.1 Å². The molecule has 0 bridgehead atoms. The minimum absolute atomic E-state index is 0.0801. The molecule has 0 saturated heterocycles. The van der Waals surface area contributed by atoms with Gasteiger partial charge in [-0.3, -0.25) is 4.79 Å². The molecule has 184 valence electrons. The molecule has 0 aliphatic rings. The number of sulfonamides is 1. The Hall–Kier alpha value is -3.46. The molecule has 0 spiro atoms. The highest BCUT2D eigenvalue weighted by atomic mass is 79.9. The standard InChI is InChI=1S/C28H25BrN2O4S/c29-23-11-17-26(18-12-23)36(33,34)31-27(19-21-7-3-1-4-8-21)28(32)30-24-13-15-25(16-14-24)35-20-22-9-5-2-6-10-22/h1-18,27,31H,19-20H2,(H,30,32)/t27-/m0/s1. The van der Waals surface area contributed by atoms with E-state index in [1.165, 1.54) is 12.1 Å². The van der Waals surface area contributed by atoms with Crippen molar-refractivity contribution in [1.82, 2.24) is 4.72 Å². The van der Waals surface area contributed by atoms with Crippen molar-refractivity contribution in [3.05, 3.63) is 125 Å². The van der Waals surface area contributed by atoms with Gasteiger partial charge in [-0.15, -0.1) is 0 Å². The first-order valence-corrected chi connectivity index (χ1v) is 13.6. The molecule has 0 radical (unpaired) electrons. The van der Waals surface area contributed by atoms with Crippen molar-refractivity contribution in [2.24, 2.45) is 0 Å². The number of benzene rings is 4. The molecule has 0 aliphatic carbocycles. The maximum absolute atomic E-state index is 13.2. The number of amides is 1. The molecule has 1 atom stereocenters. The van der Waals surface area contributed by atoms with Gasteiger partial charge >= 0.3 is 0 Å². The van der Waals surface area contributed by atoms with Crippen LogP contribution in [0.15, 0.2) is 119 Å². The Morgan fingerprint density at radius 2 is 1.36 bits per heavy atom. The molecule has 8 heteroatoms. The highest BCUT2D eigenvalue weighted by Crippen LogP contribution is 2.19. The maximum atomic E-state index is 13.2. The normalized spacial score (nSPS) is 12.0. The monoisotopic (exact) mass is 564 g/mol. The van der Waals surface area contributed by atoms with Gasteiger partial charge in [0.1, 0.15) is 18.4 Å². The van der Waals surface area contributed by atoms with E-state index in [2.05, 4.69) is 26.0 Å². The predicted octanol–water partition coefficient (Wildman–Crippen LogP) is 5.56. The van der Waals surface area contributed by atoms with Gasteiger partial charge in [0.2, 0.25) is 15.9 Å². The van der Waals surface area contributed by atoms with E-state index in [4.69, 9.17) is 4.74 Å². The van der Waals surface area contributed by atoms with Gasteiger partial charge in [-0.1, -0.05) is 76.6 Å². The van der Waals surface area contributed by atoms with Crippen LogP contribution in [0.25, 0.3) is 0 Å². The highest BCUT2D eigenvalue weighted by Gasteiger charge is 2.26. The zero-order chi connectivity index (χ0) is 25.4. The lowest BCUT2D eigenvalue weighted by atomic mass is 10.1. The van der Waals surface area contributed by atoms with E-state index in [0.29, 0.717) is 18.0 Å². The molecule has 0 saturated carbocycles. The predicted molar refractivity (Wildman–Crippen MR) is 144 cm³/mol. The molecule has 0 aromatic heterocycles. The number of carbonyl (C=O) groups is 1. The molecule has 0 heterocycles. The van der Waals surface area contributed by atoms with Crippen molar-refractivity contribution in [3.8, 4) is 5.75 Å². The molecular formula is C28H25BrN2O4S. The van der Waals surface area contributed by atoms with E-state index in [1.807, 2.05) is 60.7 Å². The third kappa shape index (κ3) is 7.27. The molecule has 0 aliphatic heterocycles. The molecule has 0 fully saturated rings. The lowest BCUT2D eigenvalue weighted by Gasteiger charge is -2.19. The number of nitrogens with one attached hydrogen (secondary N) is 2. The Balaban J connectivity index is 1.46. The van der Waals surface area contributed by atoms with Crippen LogP contribution in [0.1, 0.15) is 11.1 Å². The minimum atomic E-state index is -3.93. The Labute approximate surface area is 219 Å². The van der Waals surface area contributed by atoms with Crippen LogP contribution in [0.2, 0.25) is 0 Å². The summed E-state index contributed by atoms with van der Waals surface area (Å²) < 4.78 is 35.1. The number of anilines is 1. The first-order chi connectivity index (χ1) is 17.4. The van der Waals surface area contributed by atoms with Gasteiger partial charge in [0.15, 0.2) is 0 Å². The molecule has 1 amide bonds. The summed E-state index contributed by atoms with van der Waals surface area (Å²) in [5.41, 5.74) is 2.42. The Bertz CT molecular complexity index is 1380. The van der Waals surface area contributed by atoms with Crippen LogP contribution < -0.4 is 14.8 Å². The second-order valence-corrected chi connectivity index (χ2v) is 10.7. The molecule has 4 aromatic carbocycles. The fourth-order valence-corrected chi connectivity index (χ4v) is 4.97.